The average molecular weight is 1140 g/mol. The molecule has 0 aliphatic rings. The summed E-state index contributed by atoms with van der Waals surface area (Å²) in [6, 6.07) is 56.1. The maximum absolute atomic E-state index is 8.70. The summed E-state index contributed by atoms with van der Waals surface area (Å²) < 4.78 is 41.7. The first kappa shape index (κ1) is 45.7. The first-order valence-corrected chi connectivity index (χ1v) is 25.0. The van der Waals surface area contributed by atoms with Crippen molar-refractivity contribution < 1.29 is 33.1 Å². The second-order valence-corrected chi connectivity index (χ2v) is 21.7. The molecule has 0 atom stereocenters. The fourth-order valence-corrected chi connectivity index (χ4v) is 9.95. The molecule has 6 nitrogen and oxygen atoms in total. The van der Waals surface area contributed by atoms with E-state index in [1.54, 1.807) is 6.07 Å². The van der Waals surface area contributed by atoms with Crippen LogP contribution in [0.5, 0.6) is 0 Å². The van der Waals surface area contributed by atoms with Gasteiger partial charge in [0, 0.05) is 57.7 Å². The summed E-state index contributed by atoms with van der Waals surface area (Å²) in [6.07, 6.45) is 1.87. The number of furan rings is 1. The third-order valence-electron chi connectivity index (χ3n) is 13.8. The van der Waals surface area contributed by atoms with E-state index in [2.05, 4.69) is 176 Å². The largest absolute Gasteiger partial charge is 0.501 e. The van der Waals surface area contributed by atoms with Crippen molar-refractivity contribution in [2.45, 2.75) is 98.8 Å². The van der Waals surface area contributed by atoms with Crippen LogP contribution < -0.4 is 0 Å². The van der Waals surface area contributed by atoms with E-state index in [1.165, 1.54) is 16.7 Å². The van der Waals surface area contributed by atoms with Crippen LogP contribution in [0.3, 0.4) is 0 Å². The maximum Gasteiger partial charge on any atom is 0.200 e. The van der Waals surface area contributed by atoms with E-state index in [4.69, 9.17) is 22.9 Å². The van der Waals surface area contributed by atoms with Crippen LogP contribution in [0.4, 0.5) is 0 Å². The van der Waals surface area contributed by atoms with Gasteiger partial charge in [-0.25, -0.2) is 4.98 Å². The molecule has 0 saturated heterocycles. The van der Waals surface area contributed by atoms with Crippen LogP contribution >= 0.6 is 0 Å². The Morgan fingerprint density at radius 1 is 0.616 bits per heavy atom. The topological polar surface area (TPSA) is 69.9 Å². The number of nitrogens with zero attached hydrogens (tertiary/aromatic N) is 4. The van der Waals surface area contributed by atoms with Crippen LogP contribution in [0.2, 0.25) is 0 Å². The number of fused-ring (bicyclic) bond motifs is 9. The first-order valence-electron chi connectivity index (χ1n) is 26.5. The fourth-order valence-electron chi connectivity index (χ4n) is 9.95. The molecular weight excluding hydrogens is 1070 g/mol. The van der Waals surface area contributed by atoms with Crippen molar-refractivity contribution in [3.05, 3.63) is 192 Å². The van der Waals surface area contributed by atoms with Gasteiger partial charge in [0.25, 0.3) is 0 Å². The van der Waals surface area contributed by atoms with E-state index in [0.717, 1.165) is 66.2 Å². The first-order chi connectivity index (χ1) is 35.7. The predicted octanol–water partition coefficient (Wildman–Crippen LogP) is 18.2. The number of aromatic nitrogens is 4. The van der Waals surface area contributed by atoms with Gasteiger partial charge < -0.3 is 18.4 Å². The van der Waals surface area contributed by atoms with Gasteiger partial charge in [0.2, 0.25) is 5.89 Å². The van der Waals surface area contributed by atoms with E-state index >= 15 is 0 Å². The number of pyridine rings is 1. The molecule has 0 unspecified atom stereocenters. The van der Waals surface area contributed by atoms with E-state index in [-0.39, 0.29) is 48.3 Å². The minimum atomic E-state index is -2.44. The molecule has 1 radical (unpaired) electrons. The normalized spacial score (nSPS) is 13.0. The average Bonchev–Trinajstić information content (AvgIpc) is 4.12. The SMILES string of the molecule is CC(C)(C)c1ccnc(-c2[c-]cccc2)c1.[2H]C([2H])([2H])c1c[c-]c(-c2nc3ccc4ccccc4c3n2-c2c(C(C)C)cc(-c3ccccc3)cc2C(C)C)c2oc3cc4c(ccc5nc(C(C)(C)C)oc54)cc3c12.[Ir]. The number of hydrogen-bond acceptors (Lipinski definition) is 5. The van der Waals surface area contributed by atoms with Crippen molar-refractivity contribution >= 4 is 65.6 Å². The Morgan fingerprint density at radius 3 is 2.03 bits per heavy atom. The van der Waals surface area contributed by atoms with Gasteiger partial charge in [-0.05, 0) is 104 Å². The molecule has 0 amide bonds. The summed E-state index contributed by atoms with van der Waals surface area (Å²) in [6.45, 7) is 19.4. The van der Waals surface area contributed by atoms with Crippen LogP contribution in [0.1, 0.15) is 113 Å². The number of oxazole rings is 1. The van der Waals surface area contributed by atoms with E-state index < -0.39 is 6.85 Å². The predicted molar refractivity (Wildman–Crippen MR) is 299 cm³/mol. The van der Waals surface area contributed by atoms with Crippen molar-refractivity contribution in [1.29, 1.82) is 0 Å². The van der Waals surface area contributed by atoms with Gasteiger partial charge >= 0.3 is 0 Å². The number of hydrogen-bond donors (Lipinski definition) is 0. The molecular formula is C66H60IrN4O2-2. The van der Waals surface area contributed by atoms with Crippen molar-refractivity contribution in [3.8, 4) is 39.5 Å². The molecule has 4 aromatic heterocycles. The molecule has 0 bridgehead atoms. The van der Waals surface area contributed by atoms with E-state index in [1.807, 2.05) is 60.8 Å². The Hall–Kier alpha value is -7.18. The van der Waals surface area contributed by atoms with Crippen molar-refractivity contribution in [2.75, 3.05) is 0 Å². The molecule has 0 N–H and O–H groups in total. The Balaban J connectivity index is 0.000000331. The summed E-state index contributed by atoms with van der Waals surface area (Å²) in [5.41, 5.74) is 13.9. The zero-order chi connectivity index (χ0) is 52.7. The molecule has 367 valence electrons. The maximum atomic E-state index is 8.70. The van der Waals surface area contributed by atoms with Gasteiger partial charge in [0.1, 0.15) is 11.1 Å². The smallest absolute Gasteiger partial charge is 0.200 e. The third-order valence-corrected chi connectivity index (χ3v) is 13.8. The zero-order valence-corrected chi connectivity index (χ0v) is 45.4. The molecule has 0 aliphatic carbocycles. The second kappa shape index (κ2) is 19.0. The third kappa shape index (κ3) is 8.98. The minimum absolute atomic E-state index is 0. The van der Waals surface area contributed by atoms with Crippen LogP contribution in [-0.2, 0) is 30.9 Å². The Labute approximate surface area is 446 Å². The quantitative estimate of drug-likeness (QED) is 0.155. The Kier molecular flexibility index (Phi) is 11.9. The summed E-state index contributed by atoms with van der Waals surface area (Å²) in [5.74, 6) is 1.58. The number of rotatable bonds is 6. The molecule has 4 heterocycles. The van der Waals surface area contributed by atoms with Gasteiger partial charge in [-0.15, -0.1) is 53.6 Å². The van der Waals surface area contributed by atoms with Gasteiger partial charge in [-0.2, -0.15) is 0 Å². The monoisotopic (exact) mass is 1140 g/mol. The molecule has 0 spiro atoms. The van der Waals surface area contributed by atoms with Crippen molar-refractivity contribution in [2.24, 2.45) is 0 Å². The molecule has 12 aromatic rings. The van der Waals surface area contributed by atoms with Crippen LogP contribution in [0, 0.1) is 19.0 Å². The summed E-state index contributed by atoms with van der Waals surface area (Å²) in [5, 5.41) is 5.14. The minimum Gasteiger partial charge on any atom is -0.501 e. The molecule has 0 aliphatic heterocycles. The van der Waals surface area contributed by atoms with Crippen molar-refractivity contribution in [1.82, 2.24) is 19.5 Å². The van der Waals surface area contributed by atoms with E-state index in [0.29, 0.717) is 44.8 Å². The summed E-state index contributed by atoms with van der Waals surface area (Å²) in [4.78, 5) is 14.6. The molecule has 8 aromatic carbocycles. The standard InChI is InChI=1S/C51H44N3O2.C15H16N.Ir/c1-28(2)37-25-34(31-14-10-9-11-15-31)26-38(29(3)4)45(37)54-46-35-17-13-12-16-32(35)19-22-41(46)52-49(54)36-21-18-30(5)44-40-24-33-20-23-42-47(56-50(53-42)51(6,7)8)39(33)27-43(40)55-48(36)44;1-15(2,3)13-9-10-16-14(11-13)12-7-5-4-6-8-12;/h9-20,22-29H,1-8H3;4-7,9-11H,1-3H3;/q2*-1;/i5D3;;. The van der Waals surface area contributed by atoms with Gasteiger partial charge in [0.05, 0.1) is 22.4 Å². The zero-order valence-electron chi connectivity index (χ0n) is 46.0. The Bertz CT molecular complexity index is 4110. The summed E-state index contributed by atoms with van der Waals surface area (Å²) in [7, 11) is 0. The van der Waals surface area contributed by atoms with E-state index in [9.17, 15) is 0 Å². The second-order valence-electron chi connectivity index (χ2n) is 21.7. The summed E-state index contributed by atoms with van der Waals surface area (Å²) >= 11 is 0. The molecule has 7 heteroatoms. The molecule has 0 fully saturated rings. The van der Waals surface area contributed by atoms with Crippen molar-refractivity contribution in [3.63, 3.8) is 0 Å². The molecule has 73 heavy (non-hydrogen) atoms. The van der Waals surface area contributed by atoms with Gasteiger partial charge in [-0.3, -0.25) is 4.98 Å². The van der Waals surface area contributed by atoms with Crippen LogP contribution in [-0.4, -0.2) is 19.5 Å². The molecule has 12 rings (SSSR count). The Morgan fingerprint density at radius 2 is 1.33 bits per heavy atom. The number of aryl methyl sites for hydroxylation is 1. The van der Waals surface area contributed by atoms with Gasteiger partial charge in [0.15, 0.2) is 5.58 Å². The fraction of sp³-hybridized carbons (Fsp3) is 0.227. The van der Waals surface area contributed by atoms with Crippen LogP contribution in [0.25, 0.3) is 105 Å². The number of benzene rings is 8. The van der Waals surface area contributed by atoms with Crippen LogP contribution in [0.15, 0.2) is 161 Å². The number of imidazole rings is 1. The van der Waals surface area contributed by atoms with Gasteiger partial charge in [-0.1, -0.05) is 160 Å². The molecule has 0 saturated carbocycles.